The Morgan fingerprint density at radius 2 is 2.04 bits per heavy atom. The number of aliphatic hydroxyl groups excluding tert-OH is 1. The highest BCUT2D eigenvalue weighted by Crippen LogP contribution is 2.32. The number of carboxylic acid groups (broad SMARTS) is 1. The number of hydrogen-bond acceptors (Lipinski definition) is 6. The Hall–Kier alpha value is -1.29. The van der Waals surface area contributed by atoms with E-state index in [1.165, 1.54) is 18.4 Å². The number of rotatable bonds is 9. The molecule has 0 spiro atoms. The van der Waals surface area contributed by atoms with Crippen LogP contribution in [0, 0.1) is 13.8 Å². The molecular formula is C15H23NO6S2. The van der Waals surface area contributed by atoms with Crippen molar-refractivity contribution in [1.29, 1.82) is 0 Å². The van der Waals surface area contributed by atoms with E-state index in [1.807, 2.05) is 26.2 Å². The number of ether oxygens (including phenoxy) is 1. The Morgan fingerprint density at radius 3 is 2.50 bits per heavy atom. The maximum Gasteiger partial charge on any atom is 0.333 e. The van der Waals surface area contributed by atoms with Crippen LogP contribution in [-0.4, -0.2) is 63.7 Å². The molecule has 1 aromatic heterocycles. The van der Waals surface area contributed by atoms with Gasteiger partial charge in [-0.05, 0) is 31.7 Å². The van der Waals surface area contributed by atoms with E-state index in [4.69, 9.17) is 9.84 Å². The number of nitrogens with zero attached hydrogens (tertiary/aromatic N) is 1. The van der Waals surface area contributed by atoms with E-state index < -0.39 is 28.6 Å². The average molecular weight is 377 g/mol. The molecule has 0 bridgehead atoms. The highest BCUT2D eigenvalue weighted by Gasteiger charge is 2.28. The van der Waals surface area contributed by atoms with Crippen molar-refractivity contribution in [3.63, 3.8) is 0 Å². The summed E-state index contributed by atoms with van der Waals surface area (Å²) >= 11 is 1.52. The number of carbonyl (C=O) groups is 2. The molecule has 0 aliphatic heterocycles. The number of anilines is 1. The van der Waals surface area contributed by atoms with E-state index in [-0.39, 0.29) is 17.7 Å². The topological polar surface area (TPSA) is 104 Å². The van der Waals surface area contributed by atoms with Crippen LogP contribution in [0.25, 0.3) is 0 Å². The molecule has 0 radical (unpaired) electrons. The molecule has 0 aliphatic rings. The zero-order valence-electron chi connectivity index (χ0n) is 14.1. The lowest BCUT2D eigenvalue weighted by Gasteiger charge is -2.30. The zero-order valence-corrected chi connectivity index (χ0v) is 15.8. The van der Waals surface area contributed by atoms with Crippen molar-refractivity contribution in [2.75, 3.05) is 30.1 Å². The second kappa shape index (κ2) is 9.26. The van der Waals surface area contributed by atoms with Crippen LogP contribution in [-0.2, 0) is 25.1 Å². The van der Waals surface area contributed by atoms with Gasteiger partial charge in [0.1, 0.15) is 5.75 Å². The lowest BCUT2D eigenvalue weighted by atomic mass is 10.2. The van der Waals surface area contributed by atoms with E-state index in [0.29, 0.717) is 6.61 Å². The van der Waals surface area contributed by atoms with Crippen LogP contribution in [0.4, 0.5) is 5.69 Å². The number of hydrogen-bond donors (Lipinski definition) is 2. The van der Waals surface area contributed by atoms with Crippen LogP contribution in [0.5, 0.6) is 0 Å². The summed E-state index contributed by atoms with van der Waals surface area (Å²) in [6, 6.07) is -0.268. The van der Waals surface area contributed by atoms with Crippen molar-refractivity contribution in [2.24, 2.45) is 0 Å². The van der Waals surface area contributed by atoms with Gasteiger partial charge in [-0.1, -0.05) is 0 Å². The maximum absolute atomic E-state index is 12.7. The van der Waals surface area contributed by atoms with Crippen molar-refractivity contribution in [3.05, 3.63) is 15.8 Å². The van der Waals surface area contributed by atoms with Gasteiger partial charge in [-0.15, -0.1) is 11.3 Å². The van der Waals surface area contributed by atoms with Crippen molar-refractivity contribution in [2.45, 2.75) is 32.9 Å². The molecule has 0 saturated carbocycles. The Balaban J connectivity index is 2.97. The van der Waals surface area contributed by atoms with Gasteiger partial charge in [0.05, 0.1) is 24.1 Å². The molecule has 0 saturated heterocycles. The fourth-order valence-electron chi connectivity index (χ4n) is 2.35. The Kier molecular flexibility index (Phi) is 8.01. The molecule has 9 heteroatoms. The summed E-state index contributed by atoms with van der Waals surface area (Å²) in [4.78, 5) is 25.8. The molecule has 24 heavy (non-hydrogen) atoms. The Morgan fingerprint density at radius 1 is 1.42 bits per heavy atom. The first-order valence-electron chi connectivity index (χ1n) is 7.30. The lowest BCUT2D eigenvalue weighted by Crippen LogP contribution is -2.44. The Labute approximate surface area is 147 Å². The SMILES string of the molecule is COCC(C)N(C(=O)CS(=O)CC(O)C(=O)O)c1c(C)csc1C. The Bertz CT molecular complexity index is 596. The minimum Gasteiger partial charge on any atom is -0.479 e. The minimum atomic E-state index is -1.78. The van der Waals surface area contributed by atoms with E-state index in [0.717, 1.165) is 16.1 Å². The molecule has 1 aromatic rings. The van der Waals surface area contributed by atoms with Gasteiger partial charge in [-0.2, -0.15) is 0 Å². The van der Waals surface area contributed by atoms with Crippen molar-refractivity contribution in [3.8, 4) is 0 Å². The number of methoxy groups -OCH3 is 1. The average Bonchev–Trinajstić information content (AvgIpc) is 2.79. The molecule has 0 aromatic carbocycles. The van der Waals surface area contributed by atoms with E-state index in [2.05, 4.69) is 0 Å². The smallest absolute Gasteiger partial charge is 0.333 e. The maximum atomic E-state index is 12.7. The normalized spacial score (nSPS) is 14.9. The van der Waals surface area contributed by atoms with Crippen LogP contribution < -0.4 is 4.90 Å². The lowest BCUT2D eigenvalue weighted by molar-refractivity contribution is -0.145. The summed E-state index contributed by atoms with van der Waals surface area (Å²) in [5.41, 5.74) is 1.70. The van der Waals surface area contributed by atoms with Crippen LogP contribution in [0.1, 0.15) is 17.4 Å². The summed E-state index contributed by atoms with van der Waals surface area (Å²) in [7, 11) is -0.241. The van der Waals surface area contributed by atoms with Crippen molar-refractivity contribution in [1.82, 2.24) is 0 Å². The third-order valence-corrected chi connectivity index (χ3v) is 5.67. The van der Waals surface area contributed by atoms with Crippen LogP contribution in [0.15, 0.2) is 5.38 Å². The standard InChI is InChI=1S/C15H23NO6S2/c1-9-6-23-11(3)14(9)16(10(2)5-22-4)13(18)8-24(21)7-12(17)15(19)20/h6,10,12,17H,5,7-8H2,1-4H3,(H,19,20). The summed E-state index contributed by atoms with van der Waals surface area (Å²) < 4.78 is 17.1. The quantitative estimate of drug-likeness (QED) is 0.663. The first-order chi connectivity index (χ1) is 11.2. The predicted octanol–water partition coefficient (Wildman–Crippen LogP) is 0.927. The number of thiophene rings is 1. The van der Waals surface area contributed by atoms with Crippen LogP contribution in [0.2, 0.25) is 0 Å². The van der Waals surface area contributed by atoms with Gasteiger partial charge in [0.2, 0.25) is 5.91 Å². The summed E-state index contributed by atoms with van der Waals surface area (Å²) in [5, 5.41) is 19.9. The number of aliphatic carboxylic acids is 1. The van der Waals surface area contributed by atoms with Gasteiger partial charge < -0.3 is 19.8 Å². The van der Waals surface area contributed by atoms with Crippen LogP contribution in [0.3, 0.4) is 0 Å². The molecule has 0 fully saturated rings. The molecule has 0 aliphatic carbocycles. The zero-order chi connectivity index (χ0) is 18.4. The molecule has 136 valence electrons. The first-order valence-corrected chi connectivity index (χ1v) is 9.67. The fraction of sp³-hybridized carbons (Fsp3) is 0.600. The molecule has 1 heterocycles. The first kappa shape index (κ1) is 20.8. The molecule has 2 N–H and O–H groups in total. The molecule has 7 nitrogen and oxygen atoms in total. The largest absolute Gasteiger partial charge is 0.479 e. The highest BCUT2D eigenvalue weighted by atomic mass is 32.2. The van der Waals surface area contributed by atoms with Gasteiger partial charge in [-0.3, -0.25) is 9.00 Å². The molecular weight excluding hydrogens is 354 g/mol. The summed E-state index contributed by atoms with van der Waals surface area (Å²) in [6.07, 6.45) is -1.74. The summed E-state index contributed by atoms with van der Waals surface area (Å²) in [6.45, 7) is 5.93. The van der Waals surface area contributed by atoms with Gasteiger partial charge in [0, 0.05) is 22.8 Å². The molecule has 1 amide bonds. The molecule has 3 unspecified atom stereocenters. The van der Waals surface area contributed by atoms with E-state index >= 15 is 0 Å². The van der Waals surface area contributed by atoms with E-state index in [9.17, 15) is 18.9 Å². The highest BCUT2D eigenvalue weighted by molar-refractivity contribution is 7.85. The number of carbonyl (C=O) groups excluding carboxylic acids is 1. The number of aliphatic hydroxyl groups is 1. The van der Waals surface area contributed by atoms with Crippen molar-refractivity contribution < 1.29 is 28.7 Å². The van der Waals surface area contributed by atoms with Gasteiger partial charge in [0.15, 0.2) is 6.10 Å². The second-order valence-corrected chi connectivity index (χ2v) is 8.08. The van der Waals surface area contributed by atoms with E-state index in [1.54, 1.807) is 4.90 Å². The van der Waals surface area contributed by atoms with Crippen LogP contribution >= 0.6 is 11.3 Å². The second-order valence-electron chi connectivity index (χ2n) is 5.50. The molecule has 3 atom stereocenters. The number of aryl methyl sites for hydroxylation is 2. The predicted molar refractivity (Wildman–Crippen MR) is 94.1 cm³/mol. The minimum absolute atomic E-state index is 0.268. The third kappa shape index (κ3) is 5.37. The fourth-order valence-corrected chi connectivity index (χ4v) is 4.21. The number of carboxylic acids is 1. The van der Waals surface area contributed by atoms with Gasteiger partial charge >= 0.3 is 5.97 Å². The van der Waals surface area contributed by atoms with Crippen molar-refractivity contribution >= 4 is 39.7 Å². The summed E-state index contributed by atoms with van der Waals surface area (Å²) in [5.74, 6) is -2.67. The van der Waals surface area contributed by atoms with Gasteiger partial charge in [-0.25, -0.2) is 4.79 Å². The monoisotopic (exact) mass is 377 g/mol. The molecule has 1 rings (SSSR count). The number of amides is 1. The van der Waals surface area contributed by atoms with Gasteiger partial charge in [0.25, 0.3) is 0 Å². The third-order valence-electron chi connectivity index (χ3n) is 3.39.